The summed E-state index contributed by atoms with van der Waals surface area (Å²) in [5.74, 6) is 1.17. The molecular weight excluding hydrogens is 236 g/mol. The van der Waals surface area contributed by atoms with E-state index in [1.54, 1.807) is 6.92 Å². The van der Waals surface area contributed by atoms with E-state index in [1.807, 2.05) is 24.3 Å². The molecule has 0 radical (unpaired) electrons. The summed E-state index contributed by atoms with van der Waals surface area (Å²) >= 11 is 0. The lowest BCUT2D eigenvalue weighted by Crippen LogP contribution is -2.44. The predicted molar refractivity (Wildman–Crippen MR) is 77.4 cm³/mol. The van der Waals surface area contributed by atoms with Gasteiger partial charge in [-0.05, 0) is 44.4 Å². The summed E-state index contributed by atoms with van der Waals surface area (Å²) in [5, 5.41) is 1.14. The number of pyridine rings is 1. The first-order valence-electron chi connectivity index (χ1n) is 6.88. The average molecular weight is 254 g/mol. The zero-order valence-corrected chi connectivity index (χ0v) is 11.2. The van der Waals surface area contributed by atoms with Crippen LogP contribution in [0.5, 0.6) is 0 Å². The van der Waals surface area contributed by atoms with Crippen molar-refractivity contribution in [1.82, 2.24) is 4.98 Å². The van der Waals surface area contributed by atoms with Gasteiger partial charge in [0.1, 0.15) is 5.82 Å². The lowest BCUT2D eigenvalue weighted by atomic mass is 9.99. The molecule has 0 bridgehead atoms. The molecule has 0 aliphatic carbocycles. The third kappa shape index (κ3) is 2.33. The van der Waals surface area contributed by atoms with Crippen molar-refractivity contribution in [2.24, 2.45) is 0 Å². The van der Waals surface area contributed by atoms with E-state index in [2.05, 4.69) is 17.0 Å². The molecule has 1 aliphatic rings. The summed E-state index contributed by atoms with van der Waals surface area (Å²) in [7, 11) is 0. The summed E-state index contributed by atoms with van der Waals surface area (Å²) < 4.78 is 0. The molecule has 0 N–H and O–H groups in total. The van der Waals surface area contributed by atoms with E-state index >= 15 is 0 Å². The van der Waals surface area contributed by atoms with Crippen LogP contribution in [0.3, 0.4) is 0 Å². The number of hydrogen-bond acceptors (Lipinski definition) is 3. The number of rotatable bonds is 2. The number of aromatic nitrogens is 1. The van der Waals surface area contributed by atoms with Gasteiger partial charge in [0.15, 0.2) is 5.78 Å². The largest absolute Gasteiger partial charge is 0.347 e. The molecule has 0 amide bonds. The molecule has 98 valence electrons. The van der Waals surface area contributed by atoms with E-state index in [1.165, 1.54) is 0 Å². The van der Waals surface area contributed by atoms with Crippen molar-refractivity contribution in [3.05, 3.63) is 36.4 Å². The van der Waals surface area contributed by atoms with Crippen LogP contribution in [0.2, 0.25) is 0 Å². The van der Waals surface area contributed by atoms with Crippen LogP contribution in [0.1, 0.15) is 26.2 Å². The topological polar surface area (TPSA) is 33.2 Å². The SMILES string of the molecule is CC(=O)C1CCCCN1c1ccc2ccccc2n1. The minimum absolute atomic E-state index is 0.00223. The fourth-order valence-corrected chi connectivity index (χ4v) is 2.84. The number of piperidine rings is 1. The van der Waals surface area contributed by atoms with Crippen LogP contribution in [0, 0.1) is 0 Å². The van der Waals surface area contributed by atoms with Gasteiger partial charge in [0.2, 0.25) is 0 Å². The van der Waals surface area contributed by atoms with Gasteiger partial charge < -0.3 is 4.90 Å². The molecule has 2 heterocycles. The molecule has 1 aromatic carbocycles. The Balaban J connectivity index is 1.99. The Morgan fingerprint density at radius 1 is 1.21 bits per heavy atom. The van der Waals surface area contributed by atoms with Gasteiger partial charge in [-0.25, -0.2) is 4.98 Å². The molecule has 1 fully saturated rings. The lowest BCUT2D eigenvalue weighted by molar-refractivity contribution is -0.118. The number of Topliss-reactive ketones (excluding diaryl/α,β-unsaturated/α-hetero) is 1. The Labute approximate surface area is 113 Å². The number of carbonyl (C=O) groups is 1. The molecule has 1 saturated heterocycles. The monoisotopic (exact) mass is 254 g/mol. The highest BCUT2D eigenvalue weighted by atomic mass is 16.1. The van der Waals surface area contributed by atoms with Crippen LogP contribution in [0.25, 0.3) is 10.9 Å². The first kappa shape index (κ1) is 12.2. The van der Waals surface area contributed by atoms with Crippen molar-refractivity contribution in [2.45, 2.75) is 32.2 Å². The van der Waals surface area contributed by atoms with E-state index in [-0.39, 0.29) is 11.8 Å². The maximum absolute atomic E-state index is 11.8. The summed E-state index contributed by atoms with van der Waals surface area (Å²) in [6, 6.07) is 12.2. The minimum atomic E-state index is 0.00223. The Morgan fingerprint density at radius 2 is 2.05 bits per heavy atom. The maximum Gasteiger partial charge on any atom is 0.152 e. The van der Waals surface area contributed by atoms with Crippen molar-refractivity contribution >= 4 is 22.5 Å². The molecule has 1 aromatic heterocycles. The Bertz CT molecular complexity index is 608. The van der Waals surface area contributed by atoms with Crippen LogP contribution < -0.4 is 4.90 Å². The second-order valence-corrected chi connectivity index (χ2v) is 5.18. The third-order valence-corrected chi connectivity index (χ3v) is 3.85. The number of fused-ring (bicyclic) bond motifs is 1. The summed E-state index contributed by atoms with van der Waals surface area (Å²) in [6.07, 6.45) is 3.22. The fraction of sp³-hybridized carbons (Fsp3) is 0.375. The molecular formula is C16H18N2O. The van der Waals surface area contributed by atoms with Gasteiger partial charge in [0.05, 0.1) is 11.6 Å². The molecule has 1 aliphatic heterocycles. The van der Waals surface area contributed by atoms with Crippen molar-refractivity contribution in [3.63, 3.8) is 0 Å². The molecule has 0 saturated carbocycles. The predicted octanol–water partition coefficient (Wildman–Crippen LogP) is 3.18. The van der Waals surface area contributed by atoms with E-state index in [0.29, 0.717) is 0 Å². The normalized spacial score (nSPS) is 19.6. The molecule has 1 unspecified atom stereocenters. The second kappa shape index (κ2) is 5.00. The third-order valence-electron chi connectivity index (χ3n) is 3.85. The molecule has 3 rings (SSSR count). The lowest BCUT2D eigenvalue weighted by Gasteiger charge is -2.35. The standard InChI is InChI=1S/C16H18N2O/c1-12(19)15-8-4-5-11-18(15)16-10-9-13-6-2-3-7-14(13)17-16/h2-3,6-7,9-10,15H,4-5,8,11H2,1H3. The van der Waals surface area contributed by atoms with Gasteiger partial charge in [-0.3, -0.25) is 4.79 Å². The van der Waals surface area contributed by atoms with E-state index in [9.17, 15) is 4.79 Å². The number of hydrogen-bond donors (Lipinski definition) is 0. The molecule has 3 heteroatoms. The smallest absolute Gasteiger partial charge is 0.152 e. The van der Waals surface area contributed by atoms with Gasteiger partial charge in [-0.1, -0.05) is 18.2 Å². The number of anilines is 1. The summed E-state index contributed by atoms with van der Waals surface area (Å²) in [6.45, 7) is 2.61. The first-order chi connectivity index (χ1) is 9.25. The Morgan fingerprint density at radius 3 is 2.89 bits per heavy atom. The van der Waals surface area contributed by atoms with Gasteiger partial charge in [-0.2, -0.15) is 0 Å². The number of para-hydroxylation sites is 1. The van der Waals surface area contributed by atoms with E-state index in [0.717, 1.165) is 42.5 Å². The van der Waals surface area contributed by atoms with Gasteiger partial charge in [0.25, 0.3) is 0 Å². The zero-order chi connectivity index (χ0) is 13.2. The average Bonchev–Trinajstić information content (AvgIpc) is 2.46. The number of benzene rings is 1. The molecule has 1 atom stereocenters. The molecule has 0 spiro atoms. The second-order valence-electron chi connectivity index (χ2n) is 5.18. The zero-order valence-electron chi connectivity index (χ0n) is 11.2. The first-order valence-corrected chi connectivity index (χ1v) is 6.88. The van der Waals surface area contributed by atoms with Crippen molar-refractivity contribution in [2.75, 3.05) is 11.4 Å². The van der Waals surface area contributed by atoms with E-state index in [4.69, 9.17) is 4.98 Å². The minimum Gasteiger partial charge on any atom is -0.347 e. The molecule has 2 aromatic rings. The highest BCUT2D eigenvalue weighted by Crippen LogP contribution is 2.25. The van der Waals surface area contributed by atoms with Crippen molar-refractivity contribution in [1.29, 1.82) is 0 Å². The van der Waals surface area contributed by atoms with Crippen LogP contribution in [-0.4, -0.2) is 23.4 Å². The van der Waals surface area contributed by atoms with E-state index < -0.39 is 0 Å². The number of ketones is 1. The molecule has 19 heavy (non-hydrogen) atoms. The van der Waals surface area contributed by atoms with Crippen molar-refractivity contribution in [3.8, 4) is 0 Å². The molecule has 3 nitrogen and oxygen atoms in total. The Hall–Kier alpha value is -1.90. The Kier molecular flexibility index (Phi) is 3.20. The maximum atomic E-state index is 11.8. The van der Waals surface area contributed by atoms with Gasteiger partial charge in [0, 0.05) is 11.9 Å². The highest BCUT2D eigenvalue weighted by Gasteiger charge is 2.26. The van der Waals surface area contributed by atoms with Gasteiger partial charge in [-0.15, -0.1) is 0 Å². The quantitative estimate of drug-likeness (QED) is 0.825. The number of carbonyl (C=O) groups excluding carboxylic acids is 1. The number of nitrogens with zero attached hydrogens (tertiary/aromatic N) is 2. The van der Waals surface area contributed by atoms with Crippen LogP contribution in [0.15, 0.2) is 36.4 Å². The summed E-state index contributed by atoms with van der Waals surface area (Å²) in [4.78, 5) is 18.6. The van der Waals surface area contributed by atoms with Crippen LogP contribution >= 0.6 is 0 Å². The highest BCUT2D eigenvalue weighted by molar-refractivity contribution is 5.86. The van der Waals surface area contributed by atoms with Crippen LogP contribution in [0.4, 0.5) is 5.82 Å². The summed E-state index contributed by atoms with van der Waals surface area (Å²) in [5.41, 5.74) is 0.993. The van der Waals surface area contributed by atoms with Crippen molar-refractivity contribution < 1.29 is 4.79 Å². The van der Waals surface area contributed by atoms with Crippen LogP contribution in [-0.2, 0) is 4.79 Å². The van der Waals surface area contributed by atoms with Gasteiger partial charge >= 0.3 is 0 Å². The fourth-order valence-electron chi connectivity index (χ4n) is 2.84.